The molecule has 0 saturated heterocycles. The van der Waals surface area contributed by atoms with Crippen LogP contribution in [0.5, 0.6) is 0 Å². The monoisotopic (exact) mass is 166 g/mol. The predicted octanol–water partition coefficient (Wildman–Crippen LogP) is 2.16. The van der Waals surface area contributed by atoms with E-state index in [0.29, 0.717) is 5.56 Å². The lowest BCUT2D eigenvalue weighted by Gasteiger charge is -2.20. The van der Waals surface area contributed by atoms with E-state index in [1.165, 1.54) is 5.56 Å². The van der Waals surface area contributed by atoms with Gasteiger partial charge in [-0.2, -0.15) is 0 Å². The summed E-state index contributed by atoms with van der Waals surface area (Å²) in [5, 5.41) is -0.332. The van der Waals surface area contributed by atoms with Crippen LogP contribution in [0.25, 0.3) is 0 Å². The third-order valence-corrected chi connectivity index (χ3v) is 2.33. The molecule has 0 saturated carbocycles. The summed E-state index contributed by atoms with van der Waals surface area (Å²) < 4.78 is 0. The molecule has 1 aromatic carbocycles. The van der Waals surface area contributed by atoms with Crippen LogP contribution >= 0.6 is 11.6 Å². The fourth-order valence-electron chi connectivity index (χ4n) is 1.43. The summed E-state index contributed by atoms with van der Waals surface area (Å²) in [6, 6.07) is 5.71. The van der Waals surface area contributed by atoms with Gasteiger partial charge >= 0.3 is 0 Å². The molecule has 56 valence electrons. The summed E-state index contributed by atoms with van der Waals surface area (Å²) in [5.74, 6) is 0. The van der Waals surface area contributed by atoms with Gasteiger partial charge in [0.25, 0.3) is 5.24 Å². The molecule has 0 spiro atoms. The highest BCUT2D eigenvalue weighted by Gasteiger charge is 2.18. The van der Waals surface area contributed by atoms with Gasteiger partial charge in [0, 0.05) is 5.56 Å². The lowest BCUT2D eigenvalue weighted by molar-refractivity contribution is 0.108. The summed E-state index contributed by atoms with van der Waals surface area (Å²) in [6.45, 7) is 0. The van der Waals surface area contributed by atoms with Gasteiger partial charge in [-0.15, -0.1) is 0 Å². The van der Waals surface area contributed by atoms with Crippen molar-refractivity contribution in [1.82, 2.24) is 0 Å². The Morgan fingerprint density at radius 1 is 1.36 bits per heavy atom. The number of halogens is 1. The van der Waals surface area contributed by atoms with Gasteiger partial charge < -0.3 is 0 Å². The summed E-state index contributed by atoms with van der Waals surface area (Å²) in [6.07, 6.45) is 2.09. The van der Waals surface area contributed by atoms with E-state index in [1.807, 2.05) is 12.1 Å². The first-order valence-electron chi connectivity index (χ1n) is 3.59. The summed E-state index contributed by atoms with van der Waals surface area (Å²) >= 11 is 5.38. The van der Waals surface area contributed by atoms with Crippen molar-refractivity contribution in [3.8, 4) is 0 Å². The van der Waals surface area contributed by atoms with E-state index in [0.717, 1.165) is 18.4 Å². The Bertz CT molecular complexity index is 317. The van der Waals surface area contributed by atoms with Gasteiger partial charge in [0.05, 0.1) is 0 Å². The summed E-state index contributed by atoms with van der Waals surface area (Å²) in [4.78, 5) is 10.8. The second kappa shape index (κ2) is 2.35. The molecule has 0 aliphatic heterocycles. The molecular weight excluding hydrogens is 160 g/mol. The Balaban J connectivity index is 2.57. The van der Waals surface area contributed by atoms with Crippen LogP contribution in [0.4, 0.5) is 0 Å². The minimum Gasteiger partial charge on any atom is -0.276 e. The molecule has 0 N–H and O–H groups in total. The molecule has 0 amide bonds. The molecular formula is C9H7ClO. The van der Waals surface area contributed by atoms with Gasteiger partial charge in [-0.3, -0.25) is 4.79 Å². The molecule has 0 bridgehead atoms. The molecule has 0 unspecified atom stereocenters. The van der Waals surface area contributed by atoms with Gasteiger partial charge in [-0.25, -0.2) is 0 Å². The largest absolute Gasteiger partial charge is 0.276 e. The van der Waals surface area contributed by atoms with Crippen LogP contribution in [0.15, 0.2) is 18.2 Å². The number of carbonyl (C=O) groups is 1. The third kappa shape index (κ3) is 0.962. The van der Waals surface area contributed by atoms with E-state index in [9.17, 15) is 4.79 Å². The standard InChI is InChI=1S/C9H7ClO/c10-9(11)8-3-1-2-6-4-5-7(6)8/h1-3H,4-5H2. The number of aryl methyl sites for hydroxylation is 1. The number of benzene rings is 1. The fourth-order valence-corrected chi connectivity index (χ4v) is 1.61. The fraction of sp³-hybridized carbons (Fsp3) is 0.222. The molecule has 0 aromatic heterocycles. The van der Waals surface area contributed by atoms with Gasteiger partial charge in [0.2, 0.25) is 0 Å². The molecule has 1 aliphatic rings. The van der Waals surface area contributed by atoms with Crippen molar-refractivity contribution in [2.24, 2.45) is 0 Å². The Kier molecular flexibility index (Phi) is 1.46. The Morgan fingerprint density at radius 3 is 2.64 bits per heavy atom. The second-order valence-corrected chi connectivity index (χ2v) is 3.06. The van der Waals surface area contributed by atoms with Crippen LogP contribution in [0.2, 0.25) is 0 Å². The molecule has 0 atom stereocenters. The van der Waals surface area contributed by atoms with Crippen molar-refractivity contribution in [3.05, 3.63) is 34.9 Å². The number of rotatable bonds is 1. The Hall–Kier alpha value is -0.820. The highest BCUT2D eigenvalue weighted by Crippen LogP contribution is 2.26. The molecule has 2 heteroatoms. The number of fused-ring (bicyclic) bond motifs is 1. The van der Waals surface area contributed by atoms with Crippen molar-refractivity contribution in [2.45, 2.75) is 12.8 Å². The summed E-state index contributed by atoms with van der Waals surface area (Å²) in [5.41, 5.74) is 3.11. The minimum atomic E-state index is -0.332. The lowest BCUT2D eigenvalue weighted by atomic mass is 9.85. The Labute approximate surface area is 70.0 Å². The highest BCUT2D eigenvalue weighted by atomic mass is 35.5. The van der Waals surface area contributed by atoms with Gasteiger partial charge in [0.15, 0.2) is 0 Å². The zero-order valence-electron chi connectivity index (χ0n) is 5.93. The van der Waals surface area contributed by atoms with E-state index in [4.69, 9.17) is 11.6 Å². The molecule has 0 fully saturated rings. The van der Waals surface area contributed by atoms with Crippen molar-refractivity contribution < 1.29 is 4.79 Å². The predicted molar refractivity (Wildman–Crippen MR) is 44.0 cm³/mol. The maximum Gasteiger partial charge on any atom is 0.252 e. The molecule has 1 aliphatic carbocycles. The topological polar surface area (TPSA) is 17.1 Å². The van der Waals surface area contributed by atoms with Crippen LogP contribution in [-0.2, 0) is 12.8 Å². The van der Waals surface area contributed by atoms with Crippen molar-refractivity contribution in [2.75, 3.05) is 0 Å². The zero-order chi connectivity index (χ0) is 7.84. The molecule has 1 aromatic rings. The van der Waals surface area contributed by atoms with Crippen molar-refractivity contribution in [3.63, 3.8) is 0 Å². The van der Waals surface area contributed by atoms with Crippen LogP contribution in [0.1, 0.15) is 21.5 Å². The maximum absolute atomic E-state index is 10.8. The number of hydrogen-bond donors (Lipinski definition) is 0. The third-order valence-electron chi connectivity index (χ3n) is 2.13. The van der Waals surface area contributed by atoms with E-state index < -0.39 is 0 Å². The van der Waals surface area contributed by atoms with E-state index in [2.05, 4.69) is 0 Å². The molecule has 1 nitrogen and oxygen atoms in total. The zero-order valence-corrected chi connectivity index (χ0v) is 6.69. The molecule has 2 rings (SSSR count). The van der Waals surface area contributed by atoms with E-state index >= 15 is 0 Å². The second-order valence-electron chi connectivity index (χ2n) is 2.72. The average Bonchev–Trinajstić information content (AvgIpc) is 1.90. The SMILES string of the molecule is O=C(Cl)c1cccc2c1CC2. The van der Waals surface area contributed by atoms with Gasteiger partial charge in [0.1, 0.15) is 0 Å². The van der Waals surface area contributed by atoms with Crippen LogP contribution in [0.3, 0.4) is 0 Å². The van der Waals surface area contributed by atoms with Gasteiger partial charge in [-0.1, -0.05) is 12.1 Å². The first-order chi connectivity index (χ1) is 5.29. The summed E-state index contributed by atoms with van der Waals surface area (Å²) in [7, 11) is 0. The smallest absolute Gasteiger partial charge is 0.252 e. The number of carbonyl (C=O) groups excluding carboxylic acids is 1. The maximum atomic E-state index is 10.8. The quantitative estimate of drug-likeness (QED) is 0.585. The first kappa shape index (κ1) is 6.86. The van der Waals surface area contributed by atoms with Crippen molar-refractivity contribution in [1.29, 1.82) is 0 Å². The normalized spacial score (nSPS) is 13.5. The molecule has 0 radical (unpaired) electrons. The van der Waals surface area contributed by atoms with Crippen LogP contribution < -0.4 is 0 Å². The Morgan fingerprint density at radius 2 is 2.18 bits per heavy atom. The lowest BCUT2D eigenvalue weighted by Crippen LogP contribution is -2.12. The minimum absolute atomic E-state index is 0.332. The average molecular weight is 167 g/mol. The van der Waals surface area contributed by atoms with Crippen molar-refractivity contribution >= 4 is 16.8 Å². The van der Waals surface area contributed by atoms with Crippen LogP contribution in [-0.4, -0.2) is 5.24 Å². The van der Waals surface area contributed by atoms with Gasteiger partial charge in [-0.05, 0) is 41.6 Å². The van der Waals surface area contributed by atoms with Crippen LogP contribution in [0, 0.1) is 0 Å². The van der Waals surface area contributed by atoms with E-state index in [-0.39, 0.29) is 5.24 Å². The number of hydrogen-bond acceptors (Lipinski definition) is 1. The van der Waals surface area contributed by atoms with E-state index in [1.54, 1.807) is 6.07 Å². The highest BCUT2D eigenvalue weighted by molar-refractivity contribution is 6.68. The first-order valence-corrected chi connectivity index (χ1v) is 3.97. The molecule has 11 heavy (non-hydrogen) atoms. The molecule has 0 heterocycles.